The maximum absolute atomic E-state index is 13.5. The third-order valence-corrected chi connectivity index (χ3v) is 8.54. The summed E-state index contributed by atoms with van der Waals surface area (Å²) in [6, 6.07) is 4.71. The molecule has 9 nitrogen and oxygen atoms in total. The number of fused-ring (bicyclic) bond motifs is 3. The minimum atomic E-state index is -4.45. The first-order valence-electron chi connectivity index (χ1n) is 13.0. The van der Waals surface area contributed by atoms with E-state index >= 15 is 0 Å². The van der Waals surface area contributed by atoms with Crippen LogP contribution in [0.1, 0.15) is 72.2 Å². The number of hydrogen-bond donors (Lipinski definition) is 2. The van der Waals surface area contributed by atoms with Crippen molar-refractivity contribution in [3.63, 3.8) is 0 Å². The Labute approximate surface area is 224 Å². The molecule has 1 aliphatic heterocycles. The van der Waals surface area contributed by atoms with E-state index in [0.29, 0.717) is 30.9 Å². The SMILES string of the molecule is CCCC1CC(n2nc3c(c2NC(=O)CS(C)(=O)=O)C(=O)N[C@@]2(CCc4cc(OCC(F)(F)F)ccc42)C3)C1. The summed E-state index contributed by atoms with van der Waals surface area (Å²) in [6.07, 6.45) is 1.73. The topological polar surface area (TPSA) is 119 Å². The molecule has 0 bridgehead atoms. The number of hydrogen-bond acceptors (Lipinski definition) is 6. The standard InChI is InChI=1S/C26H31F3N4O5S/c1-3-4-15-9-17(10-15)33-23(30-21(34)13-39(2,36)37)22-20(32-33)12-25(31-24(22)35)8-7-16-11-18(5-6-19(16)25)38-14-26(27,28)29/h5-6,11,15,17H,3-4,7-10,12-14H2,1-2H3,(H,30,34)(H,31,35)/t15?,17?,25-/m0/s1. The number of carbonyl (C=O) groups excluding carboxylic acids is 2. The van der Waals surface area contributed by atoms with Crippen molar-refractivity contribution in [2.45, 2.75) is 69.6 Å². The average Bonchev–Trinajstić information content (AvgIpc) is 3.31. The van der Waals surface area contributed by atoms with Crippen molar-refractivity contribution in [2.24, 2.45) is 5.92 Å². The molecule has 2 aromatic rings. The highest BCUT2D eigenvalue weighted by molar-refractivity contribution is 7.91. The van der Waals surface area contributed by atoms with E-state index in [1.807, 2.05) is 0 Å². The molecule has 2 heterocycles. The zero-order valence-electron chi connectivity index (χ0n) is 21.7. The molecule has 0 unspecified atom stereocenters. The molecule has 13 heteroatoms. The van der Waals surface area contributed by atoms with E-state index in [9.17, 15) is 31.2 Å². The number of aryl methyl sites for hydroxylation is 1. The van der Waals surface area contributed by atoms with E-state index in [4.69, 9.17) is 9.84 Å². The fourth-order valence-electron chi connectivity index (χ4n) is 6.08. The molecule has 1 aromatic heterocycles. The molecule has 2 N–H and O–H groups in total. The van der Waals surface area contributed by atoms with Crippen molar-refractivity contribution in [1.29, 1.82) is 0 Å². The predicted octanol–water partition coefficient (Wildman–Crippen LogP) is 3.69. The van der Waals surface area contributed by atoms with E-state index in [0.717, 1.165) is 43.1 Å². The number of nitrogens with one attached hydrogen (secondary N) is 2. The molecular weight excluding hydrogens is 537 g/mol. The number of sulfone groups is 1. The number of carbonyl (C=O) groups is 2. The summed E-state index contributed by atoms with van der Waals surface area (Å²) in [5, 5.41) is 10.5. The molecule has 1 saturated carbocycles. The maximum Gasteiger partial charge on any atom is 0.422 e. The van der Waals surface area contributed by atoms with Gasteiger partial charge in [0, 0.05) is 12.7 Å². The summed E-state index contributed by atoms with van der Waals surface area (Å²) in [4.78, 5) is 26.1. The fourth-order valence-corrected chi connectivity index (χ4v) is 6.63. The molecular formula is C26H31F3N4O5S. The van der Waals surface area contributed by atoms with Crippen LogP contribution in [0.4, 0.5) is 19.0 Å². The Bertz CT molecular complexity index is 1420. The lowest BCUT2D eigenvalue weighted by molar-refractivity contribution is -0.153. The van der Waals surface area contributed by atoms with Crippen LogP contribution >= 0.6 is 0 Å². The van der Waals surface area contributed by atoms with Gasteiger partial charge in [0.25, 0.3) is 5.91 Å². The van der Waals surface area contributed by atoms with E-state index in [1.165, 1.54) is 6.07 Å². The largest absolute Gasteiger partial charge is 0.484 e. The highest BCUT2D eigenvalue weighted by Gasteiger charge is 2.47. The molecule has 3 aliphatic rings. The summed E-state index contributed by atoms with van der Waals surface area (Å²) in [5.74, 6) is -1.05. The third-order valence-electron chi connectivity index (χ3n) is 7.75. The van der Waals surface area contributed by atoms with Gasteiger partial charge in [0.15, 0.2) is 16.4 Å². The van der Waals surface area contributed by atoms with Crippen LogP contribution < -0.4 is 15.4 Å². The highest BCUT2D eigenvalue weighted by Crippen LogP contribution is 2.47. The molecule has 1 atom stereocenters. The Balaban J connectivity index is 1.45. The van der Waals surface area contributed by atoms with E-state index < -0.39 is 45.7 Å². The normalized spacial score (nSPS) is 24.1. The lowest BCUT2D eigenvalue weighted by Gasteiger charge is -2.36. The van der Waals surface area contributed by atoms with Crippen LogP contribution in [0.2, 0.25) is 0 Å². The molecule has 39 heavy (non-hydrogen) atoms. The number of benzene rings is 1. The molecule has 1 fully saturated rings. The lowest BCUT2D eigenvalue weighted by atomic mass is 9.77. The van der Waals surface area contributed by atoms with Gasteiger partial charge in [-0.15, -0.1) is 0 Å². The quantitative estimate of drug-likeness (QED) is 0.502. The number of ether oxygens (including phenoxy) is 1. The van der Waals surface area contributed by atoms with Gasteiger partial charge in [-0.05, 0) is 54.9 Å². The van der Waals surface area contributed by atoms with Crippen LogP contribution in [0.3, 0.4) is 0 Å². The van der Waals surface area contributed by atoms with Gasteiger partial charge in [-0.25, -0.2) is 13.1 Å². The van der Waals surface area contributed by atoms with Crippen molar-refractivity contribution in [2.75, 3.05) is 23.9 Å². The first-order chi connectivity index (χ1) is 18.3. The summed E-state index contributed by atoms with van der Waals surface area (Å²) in [7, 11) is -3.58. The summed E-state index contributed by atoms with van der Waals surface area (Å²) in [5.41, 5.74) is 1.52. The molecule has 1 spiro atoms. The zero-order valence-corrected chi connectivity index (χ0v) is 22.5. The number of rotatable bonds is 8. The van der Waals surface area contributed by atoms with Crippen LogP contribution in [-0.2, 0) is 33.0 Å². The van der Waals surface area contributed by atoms with Crippen LogP contribution in [0, 0.1) is 5.92 Å². The molecule has 1 aromatic carbocycles. The van der Waals surface area contributed by atoms with Crippen molar-refractivity contribution in [1.82, 2.24) is 15.1 Å². The van der Waals surface area contributed by atoms with Crippen LogP contribution in [-0.4, -0.2) is 54.8 Å². The third kappa shape index (κ3) is 5.64. The Morgan fingerprint density at radius 2 is 2.05 bits per heavy atom. The Morgan fingerprint density at radius 3 is 2.72 bits per heavy atom. The van der Waals surface area contributed by atoms with Crippen LogP contribution in [0.25, 0.3) is 0 Å². The Kier molecular flexibility index (Phi) is 6.92. The number of amides is 2. The molecule has 212 valence electrons. The van der Waals surface area contributed by atoms with Gasteiger partial charge in [0.2, 0.25) is 5.91 Å². The van der Waals surface area contributed by atoms with Crippen molar-refractivity contribution in [3.05, 3.63) is 40.6 Å². The monoisotopic (exact) mass is 568 g/mol. The van der Waals surface area contributed by atoms with Gasteiger partial charge >= 0.3 is 6.18 Å². The predicted molar refractivity (Wildman–Crippen MR) is 136 cm³/mol. The van der Waals surface area contributed by atoms with Gasteiger partial charge in [0.05, 0.1) is 17.3 Å². The van der Waals surface area contributed by atoms with E-state index in [1.54, 1.807) is 16.8 Å². The Morgan fingerprint density at radius 1 is 1.31 bits per heavy atom. The number of halogens is 3. The van der Waals surface area contributed by atoms with Crippen molar-refractivity contribution in [3.8, 4) is 5.75 Å². The van der Waals surface area contributed by atoms with E-state index in [2.05, 4.69) is 17.6 Å². The summed E-state index contributed by atoms with van der Waals surface area (Å²) >= 11 is 0. The second kappa shape index (κ2) is 9.83. The van der Waals surface area contributed by atoms with E-state index in [-0.39, 0.29) is 23.2 Å². The van der Waals surface area contributed by atoms with Gasteiger partial charge in [0.1, 0.15) is 22.9 Å². The van der Waals surface area contributed by atoms with Gasteiger partial charge in [-0.2, -0.15) is 18.3 Å². The molecule has 2 aliphatic carbocycles. The lowest BCUT2D eigenvalue weighted by Crippen LogP contribution is -2.49. The highest BCUT2D eigenvalue weighted by atomic mass is 32.2. The van der Waals surface area contributed by atoms with Gasteiger partial charge in [-0.3, -0.25) is 9.59 Å². The van der Waals surface area contributed by atoms with Gasteiger partial charge in [-0.1, -0.05) is 25.8 Å². The number of anilines is 1. The smallest absolute Gasteiger partial charge is 0.422 e. The second-order valence-electron chi connectivity index (χ2n) is 10.9. The minimum absolute atomic E-state index is 0.0198. The number of nitrogens with zero attached hydrogens (tertiary/aromatic N) is 2. The number of alkyl halides is 3. The molecule has 0 saturated heterocycles. The second-order valence-corrected chi connectivity index (χ2v) is 13.1. The summed E-state index contributed by atoms with van der Waals surface area (Å²) in [6.45, 7) is 0.730. The number of aromatic nitrogens is 2. The molecule has 2 amide bonds. The van der Waals surface area contributed by atoms with Gasteiger partial charge < -0.3 is 15.4 Å². The molecule has 0 radical (unpaired) electrons. The van der Waals surface area contributed by atoms with Crippen molar-refractivity contribution < 1.29 is 35.9 Å². The first-order valence-corrected chi connectivity index (χ1v) is 15.1. The molecule has 5 rings (SSSR count). The Hall–Kier alpha value is -3.09. The summed E-state index contributed by atoms with van der Waals surface area (Å²) < 4.78 is 67.7. The fraction of sp³-hybridized carbons (Fsp3) is 0.577. The van der Waals surface area contributed by atoms with Crippen LogP contribution in [0.5, 0.6) is 5.75 Å². The zero-order chi connectivity index (χ0) is 28.2. The van der Waals surface area contributed by atoms with Crippen LogP contribution in [0.15, 0.2) is 18.2 Å². The maximum atomic E-state index is 13.5. The minimum Gasteiger partial charge on any atom is -0.484 e. The average molecular weight is 569 g/mol. The van der Waals surface area contributed by atoms with Crippen molar-refractivity contribution >= 4 is 27.5 Å². The first kappa shape index (κ1) is 27.5.